The molecule has 2 amide bonds. The minimum atomic E-state index is -4.73. The Morgan fingerprint density at radius 3 is 2.58 bits per heavy atom. The van der Waals surface area contributed by atoms with Gasteiger partial charge in [0.05, 0.1) is 34.0 Å². The van der Waals surface area contributed by atoms with E-state index < -0.39 is 48.6 Å². The summed E-state index contributed by atoms with van der Waals surface area (Å²) in [5.74, 6) is -0.489. The Kier molecular flexibility index (Phi) is 8.76. The first kappa shape index (κ1) is 27.2. The van der Waals surface area contributed by atoms with Gasteiger partial charge in [-0.2, -0.15) is 13.2 Å². The summed E-state index contributed by atoms with van der Waals surface area (Å²) in [6, 6.07) is 6.34. The predicted octanol–water partition coefficient (Wildman–Crippen LogP) is 3.22. The quantitative estimate of drug-likeness (QED) is 0.358. The van der Waals surface area contributed by atoms with Crippen molar-refractivity contribution in [2.24, 2.45) is 0 Å². The van der Waals surface area contributed by atoms with Gasteiger partial charge in [-0.3, -0.25) is 9.36 Å². The Morgan fingerprint density at radius 2 is 1.97 bits per heavy atom. The summed E-state index contributed by atoms with van der Waals surface area (Å²) in [4.78, 5) is 37.2. The molecule has 0 spiro atoms. The van der Waals surface area contributed by atoms with E-state index in [9.17, 15) is 27.6 Å². The van der Waals surface area contributed by atoms with Crippen molar-refractivity contribution in [3.05, 3.63) is 62.3 Å². The highest BCUT2D eigenvalue weighted by Crippen LogP contribution is 2.34. The predicted molar refractivity (Wildman–Crippen MR) is 125 cm³/mol. The summed E-state index contributed by atoms with van der Waals surface area (Å²) in [5.41, 5.74) is -2.00. The maximum atomic E-state index is 13.4. The van der Waals surface area contributed by atoms with Crippen LogP contribution in [-0.4, -0.2) is 51.7 Å². The average Bonchev–Trinajstić information content (AvgIpc) is 3.37. The van der Waals surface area contributed by atoms with Crippen LogP contribution in [0.25, 0.3) is 10.7 Å². The molecule has 3 N–H and O–H groups in total. The maximum absolute atomic E-state index is 13.4. The van der Waals surface area contributed by atoms with Gasteiger partial charge in [-0.05, 0) is 23.8 Å². The van der Waals surface area contributed by atoms with Gasteiger partial charge < -0.3 is 20.5 Å². The van der Waals surface area contributed by atoms with E-state index in [0.717, 1.165) is 16.8 Å². The van der Waals surface area contributed by atoms with Crippen molar-refractivity contribution in [2.75, 3.05) is 20.3 Å². The van der Waals surface area contributed by atoms with E-state index in [2.05, 4.69) is 10.4 Å². The number of methoxy groups -OCH3 is 1. The molecule has 0 radical (unpaired) electrons. The van der Waals surface area contributed by atoms with Crippen molar-refractivity contribution >= 4 is 34.9 Å². The van der Waals surface area contributed by atoms with Gasteiger partial charge in [-0.15, -0.1) is 16.4 Å². The summed E-state index contributed by atoms with van der Waals surface area (Å²) in [5, 5.41) is 17.7. The lowest BCUT2D eigenvalue weighted by molar-refractivity contribution is -0.138. The number of carbonyl (C=O) groups is 2. The van der Waals surface area contributed by atoms with E-state index in [1.54, 1.807) is 12.1 Å². The second kappa shape index (κ2) is 11.6. The van der Waals surface area contributed by atoms with Crippen LogP contribution in [0.1, 0.15) is 17.2 Å². The summed E-state index contributed by atoms with van der Waals surface area (Å²) < 4.78 is 48.0. The number of nitrogens with zero attached hydrogens (tertiary/aromatic N) is 3. The molecule has 0 bridgehead atoms. The van der Waals surface area contributed by atoms with Crippen molar-refractivity contribution in [3.8, 4) is 10.7 Å². The van der Waals surface area contributed by atoms with Crippen molar-refractivity contribution in [2.45, 2.75) is 25.3 Å². The van der Waals surface area contributed by atoms with Gasteiger partial charge in [0.15, 0.2) is 5.82 Å². The van der Waals surface area contributed by atoms with Crippen LogP contribution in [-0.2, 0) is 28.8 Å². The minimum Gasteiger partial charge on any atom is -0.465 e. The van der Waals surface area contributed by atoms with Crippen LogP contribution in [0.15, 0.2) is 41.2 Å². The highest BCUT2D eigenvalue weighted by Gasteiger charge is 2.35. The molecule has 0 fully saturated rings. The monoisotopic (exact) mass is 547 g/mol. The van der Waals surface area contributed by atoms with Crippen LogP contribution in [0.4, 0.5) is 18.0 Å². The van der Waals surface area contributed by atoms with Crippen LogP contribution in [0.3, 0.4) is 0 Å². The fraction of sp³-hybridized carbons (Fsp3) is 0.333. The Morgan fingerprint density at radius 1 is 1.25 bits per heavy atom. The lowest BCUT2D eigenvalue weighted by Gasteiger charge is -2.22. The minimum absolute atomic E-state index is 0.153. The van der Waals surface area contributed by atoms with E-state index in [4.69, 9.17) is 21.4 Å². The lowest BCUT2D eigenvalue weighted by Crippen LogP contribution is -2.40. The van der Waals surface area contributed by atoms with Crippen molar-refractivity contribution < 1.29 is 32.6 Å². The molecule has 2 heterocycles. The molecule has 0 aliphatic heterocycles. The average molecular weight is 548 g/mol. The zero-order chi connectivity index (χ0) is 26.5. The van der Waals surface area contributed by atoms with Gasteiger partial charge in [-0.1, -0.05) is 29.8 Å². The molecular weight excluding hydrogens is 527 g/mol. The number of aromatic nitrogens is 3. The smallest absolute Gasteiger partial charge is 0.416 e. The number of carbonyl (C=O) groups excluding carboxylic acids is 1. The third-order valence-electron chi connectivity index (χ3n) is 4.97. The summed E-state index contributed by atoms with van der Waals surface area (Å²) in [7, 11) is 1.46. The maximum Gasteiger partial charge on any atom is 0.416 e. The fourth-order valence-corrected chi connectivity index (χ4v) is 4.44. The molecule has 1 unspecified atom stereocenters. The zero-order valence-corrected chi connectivity index (χ0v) is 20.3. The molecule has 3 rings (SSSR count). The van der Waals surface area contributed by atoms with Gasteiger partial charge in [-0.25, -0.2) is 14.3 Å². The Bertz CT molecular complexity index is 1290. The van der Waals surface area contributed by atoms with Crippen LogP contribution in [0, 0.1) is 0 Å². The number of nitrogens with one attached hydrogen (secondary N) is 2. The molecule has 15 heteroatoms. The van der Waals surface area contributed by atoms with E-state index in [1.165, 1.54) is 35.1 Å². The van der Waals surface area contributed by atoms with Crippen LogP contribution in [0.2, 0.25) is 4.34 Å². The van der Waals surface area contributed by atoms with Gasteiger partial charge in [0.25, 0.3) is 0 Å². The largest absolute Gasteiger partial charge is 0.465 e. The van der Waals surface area contributed by atoms with Crippen LogP contribution < -0.4 is 16.3 Å². The number of rotatable bonds is 10. The van der Waals surface area contributed by atoms with Crippen LogP contribution >= 0.6 is 22.9 Å². The van der Waals surface area contributed by atoms with Gasteiger partial charge >= 0.3 is 18.0 Å². The normalized spacial score (nSPS) is 12.4. The Balaban J connectivity index is 1.80. The molecule has 1 atom stereocenters. The third kappa shape index (κ3) is 6.65. The van der Waals surface area contributed by atoms with E-state index in [1.807, 2.05) is 5.32 Å². The molecule has 36 heavy (non-hydrogen) atoms. The van der Waals surface area contributed by atoms with Gasteiger partial charge in [0.1, 0.15) is 6.54 Å². The van der Waals surface area contributed by atoms with Gasteiger partial charge in [0, 0.05) is 13.7 Å². The number of alkyl halides is 3. The molecule has 0 saturated heterocycles. The van der Waals surface area contributed by atoms with E-state index in [-0.39, 0.29) is 24.5 Å². The molecule has 10 nitrogen and oxygen atoms in total. The van der Waals surface area contributed by atoms with E-state index in [0.29, 0.717) is 9.21 Å². The Labute approximate surface area is 211 Å². The van der Waals surface area contributed by atoms with Crippen LogP contribution in [0.5, 0.6) is 0 Å². The van der Waals surface area contributed by atoms with Crippen molar-refractivity contribution in [3.63, 3.8) is 0 Å². The van der Waals surface area contributed by atoms with Gasteiger partial charge in [0.2, 0.25) is 5.91 Å². The molecule has 0 saturated carbocycles. The number of thiophene rings is 1. The number of carboxylic acid groups (broad SMARTS) is 1. The highest BCUT2D eigenvalue weighted by atomic mass is 35.5. The molecule has 3 aromatic rings. The zero-order valence-electron chi connectivity index (χ0n) is 18.7. The second-order valence-electron chi connectivity index (χ2n) is 7.40. The molecule has 194 valence electrons. The summed E-state index contributed by atoms with van der Waals surface area (Å²) >= 11 is 7.17. The fourth-order valence-electron chi connectivity index (χ4n) is 3.40. The van der Waals surface area contributed by atoms with Crippen molar-refractivity contribution in [1.29, 1.82) is 0 Å². The number of benzene rings is 1. The molecule has 2 aromatic heterocycles. The van der Waals surface area contributed by atoms with Crippen molar-refractivity contribution in [1.82, 2.24) is 25.0 Å². The topological polar surface area (TPSA) is 127 Å². The molecule has 0 aliphatic carbocycles. The number of halogens is 4. The number of hydrogen-bond donors (Lipinski definition) is 3. The number of hydrogen-bond acceptors (Lipinski definition) is 6. The van der Waals surface area contributed by atoms with E-state index >= 15 is 0 Å². The third-order valence-corrected chi connectivity index (χ3v) is 6.20. The summed E-state index contributed by atoms with van der Waals surface area (Å²) in [6.45, 7) is -0.692. The molecule has 0 aliphatic rings. The SMILES string of the molecule is COCCn1c(-c2ccc(Cl)s2)nn(CC(=O)NCC(NC(=O)O)c2ccccc2C(F)(F)F)c1=O. The summed E-state index contributed by atoms with van der Waals surface area (Å²) in [6.07, 6.45) is -6.30. The first-order chi connectivity index (χ1) is 17.0. The second-order valence-corrected chi connectivity index (χ2v) is 9.12. The first-order valence-corrected chi connectivity index (χ1v) is 11.5. The first-order valence-electron chi connectivity index (χ1n) is 10.4. The highest BCUT2D eigenvalue weighted by molar-refractivity contribution is 7.19. The standard InChI is InChI=1S/C21H21ClF3N5O5S/c1-35-9-8-29-18(15-6-7-16(22)36-15)28-30(20(29)34)11-17(31)26-10-14(27-19(32)33)12-4-2-3-5-13(12)21(23,24)25/h2-7,14,27H,8-11H2,1H3,(H,26,31)(H,32,33). The number of amides is 2. The molecule has 1 aromatic carbocycles. The lowest BCUT2D eigenvalue weighted by atomic mass is 9.99. The molecular formula is C21H21ClF3N5O5S. The Hall–Kier alpha value is -3.36. The number of ether oxygens (including phenoxy) is 1.